The minimum Gasteiger partial charge on any atom is -0.466 e. The average Bonchev–Trinajstić information content (AvgIpc) is 2.15. The largest absolute Gasteiger partial charge is 0.466 e. The lowest BCUT2D eigenvalue weighted by Gasteiger charge is -2.11. The van der Waals surface area contributed by atoms with E-state index in [-0.39, 0.29) is 18.6 Å². The maximum atomic E-state index is 12.5. The Morgan fingerprint density at radius 2 is 2.00 bits per heavy atom. The number of esters is 1. The fourth-order valence-corrected chi connectivity index (χ4v) is 1.53. The number of halogens is 3. The minimum atomic E-state index is -4.35. The molecule has 0 amide bonds. The Hall–Kier alpha value is -1.52. The zero-order chi connectivity index (χ0) is 13.1. The van der Waals surface area contributed by atoms with E-state index in [4.69, 9.17) is 4.74 Å². The predicted octanol–water partition coefficient (Wildman–Crippen LogP) is 3.12. The van der Waals surface area contributed by atoms with E-state index >= 15 is 0 Å². The van der Waals surface area contributed by atoms with Crippen LogP contribution in [0.15, 0.2) is 18.2 Å². The van der Waals surface area contributed by atoms with Crippen LogP contribution < -0.4 is 0 Å². The van der Waals surface area contributed by atoms with Crippen LogP contribution in [0.4, 0.5) is 13.2 Å². The Morgan fingerprint density at radius 3 is 2.47 bits per heavy atom. The van der Waals surface area contributed by atoms with E-state index < -0.39 is 17.7 Å². The third-order valence-corrected chi connectivity index (χ3v) is 2.25. The second-order valence-electron chi connectivity index (χ2n) is 3.63. The van der Waals surface area contributed by atoms with E-state index in [1.807, 2.05) is 0 Å². The number of hydrogen-bond acceptors (Lipinski definition) is 2. The van der Waals surface area contributed by atoms with Crippen LogP contribution in [0.2, 0.25) is 0 Å². The van der Waals surface area contributed by atoms with Gasteiger partial charge in [0.15, 0.2) is 0 Å². The van der Waals surface area contributed by atoms with Crippen molar-refractivity contribution in [1.29, 1.82) is 0 Å². The van der Waals surface area contributed by atoms with Gasteiger partial charge in [0.25, 0.3) is 0 Å². The van der Waals surface area contributed by atoms with E-state index in [9.17, 15) is 18.0 Å². The third kappa shape index (κ3) is 3.76. The third-order valence-electron chi connectivity index (χ3n) is 2.25. The highest BCUT2D eigenvalue weighted by Crippen LogP contribution is 2.32. The monoisotopic (exact) mass is 246 g/mol. The number of ether oxygens (including phenoxy) is 1. The second kappa shape index (κ2) is 5.21. The van der Waals surface area contributed by atoms with Crippen molar-refractivity contribution in [3.05, 3.63) is 34.9 Å². The van der Waals surface area contributed by atoms with Crippen LogP contribution in [0, 0.1) is 6.92 Å². The van der Waals surface area contributed by atoms with Crippen LogP contribution in [0.25, 0.3) is 0 Å². The standard InChI is InChI=1S/C12H13F3O2/c1-3-17-11(16)7-9-4-5-10(8(2)6-9)12(13,14)15/h4-6H,3,7H2,1-2H3. The van der Waals surface area contributed by atoms with Gasteiger partial charge in [-0.2, -0.15) is 13.2 Å². The molecule has 0 aliphatic carbocycles. The summed E-state index contributed by atoms with van der Waals surface area (Å²) in [5.41, 5.74) is -0.0432. The smallest absolute Gasteiger partial charge is 0.416 e. The maximum Gasteiger partial charge on any atom is 0.416 e. The van der Waals surface area contributed by atoms with Crippen LogP contribution in [0.3, 0.4) is 0 Å². The number of rotatable bonds is 3. The quantitative estimate of drug-likeness (QED) is 0.766. The first-order chi connectivity index (χ1) is 7.84. The Kier molecular flexibility index (Phi) is 4.15. The molecule has 0 spiro atoms. The average molecular weight is 246 g/mol. The van der Waals surface area contributed by atoms with Crippen LogP contribution in [-0.2, 0) is 22.1 Å². The molecule has 1 aromatic rings. The number of alkyl halides is 3. The van der Waals surface area contributed by atoms with Gasteiger partial charge in [0.05, 0.1) is 18.6 Å². The molecule has 5 heteroatoms. The van der Waals surface area contributed by atoms with Crippen molar-refractivity contribution < 1.29 is 22.7 Å². The van der Waals surface area contributed by atoms with Crippen molar-refractivity contribution in [2.24, 2.45) is 0 Å². The van der Waals surface area contributed by atoms with Gasteiger partial charge in [0, 0.05) is 0 Å². The highest BCUT2D eigenvalue weighted by molar-refractivity contribution is 5.72. The fraction of sp³-hybridized carbons (Fsp3) is 0.417. The number of aryl methyl sites for hydroxylation is 1. The summed E-state index contributed by atoms with van der Waals surface area (Å²) >= 11 is 0. The van der Waals surface area contributed by atoms with Crippen molar-refractivity contribution in [3.8, 4) is 0 Å². The number of carbonyl (C=O) groups excluding carboxylic acids is 1. The summed E-state index contributed by atoms with van der Waals surface area (Å²) in [7, 11) is 0. The summed E-state index contributed by atoms with van der Waals surface area (Å²) in [6, 6.07) is 3.65. The molecule has 0 aromatic heterocycles. The fourth-order valence-electron chi connectivity index (χ4n) is 1.53. The lowest BCUT2D eigenvalue weighted by molar-refractivity contribution is -0.142. The van der Waals surface area contributed by atoms with Crippen LogP contribution in [0.5, 0.6) is 0 Å². The highest BCUT2D eigenvalue weighted by atomic mass is 19.4. The first-order valence-corrected chi connectivity index (χ1v) is 5.17. The molecule has 0 aliphatic heterocycles. The molecule has 1 rings (SSSR count). The molecule has 1 aromatic carbocycles. The molecule has 0 unspecified atom stereocenters. The molecule has 17 heavy (non-hydrogen) atoms. The molecule has 0 N–H and O–H groups in total. The zero-order valence-electron chi connectivity index (χ0n) is 9.60. The van der Waals surface area contributed by atoms with Gasteiger partial charge in [0.1, 0.15) is 0 Å². The SMILES string of the molecule is CCOC(=O)Cc1ccc(C(F)(F)F)c(C)c1. The molecule has 0 fully saturated rings. The number of carbonyl (C=O) groups is 1. The summed E-state index contributed by atoms with van der Waals surface area (Å²) in [4.78, 5) is 11.2. The van der Waals surface area contributed by atoms with Crippen LogP contribution >= 0.6 is 0 Å². The molecule has 2 nitrogen and oxygen atoms in total. The summed E-state index contributed by atoms with van der Waals surface area (Å²) in [5, 5.41) is 0. The maximum absolute atomic E-state index is 12.5. The molecular formula is C12H13F3O2. The van der Waals surface area contributed by atoms with Crippen LogP contribution in [0.1, 0.15) is 23.6 Å². The van der Waals surface area contributed by atoms with Crippen LogP contribution in [-0.4, -0.2) is 12.6 Å². The topological polar surface area (TPSA) is 26.3 Å². The van der Waals surface area contributed by atoms with E-state index in [0.717, 1.165) is 6.07 Å². The molecule has 0 bridgehead atoms. The van der Waals surface area contributed by atoms with Gasteiger partial charge < -0.3 is 4.74 Å². The van der Waals surface area contributed by atoms with Gasteiger partial charge in [0.2, 0.25) is 0 Å². The molecule has 0 radical (unpaired) electrons. The molecule has 0 aliphatic rings. The molecule has 0 saturated carbocycles. The van der Waals surface area contributed by atoms with Gasteiger partial charge in [-0.15, -0.1) is 0 Å². The highest BCUT2D eigenvalue weighted by Gasteiger charge is 2.32. The van der Waals surface area contributed by atoms with Gasteiger partial charge in [-0.05, 0) is 31.0 Å². The Bertz CT molecular complexity index is 411. The molecule has 0 saturated heterocycles. The van der Waals surface area contributed by atoms with E-state index in [1.165, 1.54) is 19.1 Å². The Labute approximate surface area is 97.4 Å². The second-order valence-corrected chi connectivity index (χ2v) is 3.63. The summed E-state index contributed by atoms with van der Waals surface area (Å²) in [6.07, 6.45) is -4.36. The lowest BCUT2D eigenvalue weighted by atomic mass is 10.0. The molecule has 0 heterocycles. The first-order valence-electron chi connectivity index (χ1n) is 5.17. The van der Waals surface area contributed by atoms with Gasteiger partial charge in [-0.3, -0.25) is 4.79 Å². The van der Waals surface area contributed by atoms with E-state index in [1.54, 1.807) is 6.92 Å². The summed E-state index contributed by atoms with van der Waals surface area (Å²) in [6.45, 7) is 3.31. The zero-order valence-corrected chi connectivity index (χ0v) is 9.60. The lowest BCUT2D eigenvalue weighted by Crippen LogP contribution is -2.10. The Balaban J connectivity index is 2.86. The number of benzene rings is 1. The van der Waals surface area contributed by atoms with Gasteiger partial charge in [-0.25, -0.2) is 0 Å². The number of hydrogen-bond donors (Lipinski definition) is 0. The van der Waals surface area contributed by atoms with Crippen molar-refractivity contribution in [2.45, 2.75) is 26.4 Å². The van der Waals surface area contributed by atoms with Crippen molar-refractivity contribution >= 4 is 5.97 Å². The van der Waals surface area contributed by atoms with Crippen molar-refractivity contribution in [1.82, 2.24) is 0 Å². The predicted molar refractivity (Wildman–Crippen MR) is 56.5 cm³/mol. The molecule has 0 atom stereocenters. The molecular weight excluding hydrogens is 233 g/mol. The summed E-state index contributed by atoms with van der Waals surface area (Å²) in [5.74, 6) is -0.438. The minimum absolute atomic E-state index is 0.00713. The van der Waals surface area contributed by atoms with E-state index in [2.05, 4.69) is 0 Å². The van der Waals surface area contributed by atoms with Crippen molar-refractivity contribution in [2.75, 3.05) is 6.61 Å². The Morgan fingerprint density at radius 1 is 1.35 bits per heavy atom. The first kappa shape index (κ1) is 13.5. The van der Waals surface area contributed by atoms with Crippen molar-refractivity contribution in [3.63, 3.8) is 0 Å². The van der Waals surface area contributed by atoms with Gasteiger partial charge in [-0.1, -0.05) is 12.1 Å². The van der Waals surface area contributed by atoms with Gasteiger partial charge >= 0.3 is 12.1 Å². The summed E-state index contributed by atoms with van der Waals surface area (Å²) < 4.78 is 42.1. The molecule has 94 valence electrons. The van der Waals surface area contributed by atoms with E-state index in [0.29, 0.717) is 5.56 Å². The normalized spacial score (nSPS) is 11.4.